The summed E-state index contributed by atoms with van der Waals surface area (Å²) in [6, 6.07) is 18.2. The summed E-state index contributed by atoms with van der Waals surface area (Å²) in [5.74, 6) is -0.355. The number of ether oxygens (including phenoxy) is 1. The van der Waals surface area contributed by atoms with Crippen molar-refractivity contribution in [2.24, 2.45) is 0 Å². The molecule has 0 saturated heterocycles. The molecule has 11 heteroatoms. The van der Waals surface area contributed by atoms with Gasteiger partial charge in [0.15, 0.2) is 0 Å². The second kappa shape index (κ2) is 12.9. The lowest BCUT2D eigenvalue weighted by atomic mass is 10.1. The Balaban J connectivity index is 2.06. The van der Waals surface area contributed by atoms with E-state index in [0.29, 0.717) is 5.75 Å². The number of anilines is 1. The van der Waals surface area contributed by atoms with E-state index >= 15 is 0 Å². The van der Waals surface area contributed by atoms with Gasteiger partial charge in [-0.3, -0.25) is 13.9 Å². The first-order valence-electron chi connectivity index (χ1n) is 12.5. The Labute approximate surface area is 245 Å². The van der Waals surface area contributed by atoms with Gasteiger partial charge in [0.2, 0.25) is 11.8 Å². The molecule has 1 N–H and O–H groups in total. The number of hydrogen-bond donors (Lipinski definition) is 1. The number of methoxy groups -OCH3 is 1. The van der Waals surface area contributed by atoms with Crippen LogP contribution < -0.4 is 14.4 Å². The number of sulfonamides is 1. The number of carbonyl (C=O) groups is 2. The van der Waals surface area contributed by atoms with Crippen LogP contribution in [-0.4, -0.2) is 50.4 Å². The summed E-state index contributed by atoms with van der Waals surface area (Å²) < 4.78 is 33.8. The summed E-state index contributed by atoms with van der Waals surface area (Å²) in [5.41, 5.74) is 0.224. The van der Waals surface area contributed by atoms with Crippen molar-refractivity contribution in [3.05, 3.63) is 88.4 Å². The zero-order valence-corrected chi connectivity index (χ0v) is 25.3. The van der Waals surface area contributed by atoms with Crippen LogP contribution in [0.2, 0.25) is 10.0 Å². The maximum atomic E-state index is 14.0. The summed E-state index contributed by atoms with van der Waals surface area (Å²) >= 11 is 12.6. The quantitative estimate of drug-likeness (QED) is 0.328. The molecule has 2 amide bonds. The summed E-state index contributed by atoms with van der Waals surface area (Å²) in [4.78, 5) is 28.5. The van der Waals surface area contributed by atoms with Gasteiger partial charge in [0.05, 0.1) is 22.7 Å². The highest BCUT2D eigenvalue weighted by Gasteiger charge is 2.34. The number of halogens is 2. The molecule has 0 aliphatic heterocycles. The third-order valence-electron chi connectivity index (χ3n) is 5.96. The van der Waals surface area contributed by atoms with Gasteiger partial charge >= 0.3 is 0 Å². The summed E-state index contributed by atoms with van der Waals surface area (Å²) in [6.07, 6.45) is 0. The summed E-state index contributed by atoms with van der Waals surface area (Å²) in [5, 5.41) is 3.23. The van der Waals surface area contributed by atoms with Crippen LogP contribution in [0, 0.1) is 0 Å². The molecule has 0 aromatic heterocycles. The lowest BCUT2D eigenvalue weighted by Gasteiger charge is -2.33. The molecule has 8 nitrogen and oxygen atoms in total. The molecule has 1 unspecified atom stereocenters. The van der Waals surface area contributed by atoms with E-state index in [1.165, 1.54) is 35.2 Å². The van der Waals surface area contributed by atoms with Crippen LogP contribution in [0.15, 0.2) is 77.7 Å². The number of carbonyl (C=O) groups excluding carboxylic acids is 2. The van der Waals surface area contributed by atoms with Crippen LogP contribution in [0.1, 0.15) is 33.3 Å². The van der Waals surface area contributed by atoms with E-state index < -0.39 is 34.1 Å². The molecule has 0 fully saturated rings. The zero-order chi connectivity index (χ0) is 29.7. The van der Waals surface area contributed by atoms with Gasteiger partial charge in [-0.25, -0.2) is 8.42 Å². The van der Waals surface area contributed by atoms with Gasteiger partial charge in [-0.15, -0.1) is 0 Å². The average molecular weight is 607 g/mol. The van der Waals surface area contributed by atoms with Gasteiger partial charge in [-0.1, -0.05) is 53.5 Å². The largest absolute Gasteiger partial charge is 0.497 e. The molecule has 3 rings (SSSR count). The average Bonchev–Trinajstić information content (AvgIpc) is 2.91. The minimum absolute atomic E-state index is 0.0286. The van der Waals surface area contributed by atoms with Gasteiger partial charge in [0.1, 0.15) is 18.3 Å². The number of benzene rings is 3. The SMILES string of the molecule is COc1ccc(CN(C(=O)CN(c2cc(Cl)ccc2Cl)S(=O)(=O)c2ccccc2)C(C)C(=O)NC(C)(C)C)cc1. The van der Waals surface area contributed by atoms with Gasteiger partial charge in [-0.2, -0.15) is 0 Å². The number of hydrogen-bond acceptors (Lipinski definition) is 5. The van der Waals surface area contributed by atoms with Crippen molar-refractivity contribution in [3.8, 4) is 5.75 Å². The van der Waals surface area contributed by atoms with Crippen molar-refractivity contribution in [1.82, 2.24) is 10.2 Å². The van der Waals surface area contributed by atoms with Crippen LogP contribution in [0.5, 0.6) is 5.75 Å². The van der Waals surface area contributed by atoms with E-state index in [2.05, 4.69) is 5.32 Å². The highest BCUT2D eigenvalue weighted by molar-refractivity contribution is 7.92. The van der Waals surface area contributed by atoms with Crippen LogP contribution in [-0.2, 0) is 26.2 Å². The predicted octanol–water partition coefficient (Wildman–Crippen LogP) is 5.53. The molecule has 0 aliphatic rings. The zero-order valence-electron chi connectivity index (χ0n) is 23.0. The Kier molecular flexibility index (Phi) is 10.1. The molecule has 0 saturated carbocycles. The van der Waals surface area contributed by atoms with Gasteiger partial charge in [0.25, 0.3) is 10.0 Å². The molecule has 0 radical (unpaired) electrons. The van der Waals surface area contributed by atoms with Crippen molar-refractivity contribution in [1.29, 1.82) is 0 Å². The van der Waals surface area contributed by atoms with Crippen molar-refractivity contribution in [3.63, 3.8) is 0 Å². The van der Waals surface area contributed by atoms with E-state index in [1.807, 2.05) is 20.8 Å². The molecule has 0 heterocycles. The Bertz CT molecular complexity index is 1440. The lowest BCUT2D eigenvalue weighted by Crippen LogP contribution is -2.54. The van der Waals surface area contributed by atoms with E-state index in [0.717, 1.165) is 9.87 Å². The fourth-order valence-electron chi connectivity index (χ4n) is 3.89. The first kappa shape index (κ1) is 31.3. The Hall–Kier alpha value is -3.27. The van der Waals surface area contributed by atoms with E-state index in [-0.39, 0.29) is 33.1 Å². The fourth-order valence-corrected chi connectivity index (χ4v) is 5.78. The first-order chi connectivity index (χ1) is 18.7. The number of rotatable bonds is 10. The van der Waals surface area contributed by atoms with E-state index in [4.69, 9.17) is 27.9 Å². The molecule has 214 valence electrons. The summed E-state index contributed by atoms with van der Waals surface area (Å²) in [7, 11) is -2.70. The van der Waals surface area contributed by atoms with Crippen molar-refractivity contribution in [2.45, 2.75) is 50.7 Å². The van der Waals surface area contributed by atoms with E-state index in [9.17, 15) is 18.0 Å². The maximum Gasteiger partial charge on any atom is 0.264 e. The standard InChI is InChI=1S/C29H33Cl2N3O5S/c1-20(28(36)32-29(2,3)4)33(18-21-11-14-23(39-5)15-12-21)27(35)19-34(26-17-22(30)13-16-25(26)31)40(37,38)24-9-7-6-8-10-24/h6-17,20H,18-19H2,1-5H3,(H,32,36). The van der Waals surface area contributed by atoms with Crippen LogP contribution in [0.25, 0.3) is 0 Å². The molecule has 0 aliphatic carbocycles. The van der Waals surface area contributed by atoms with Crippen molar-refractivity contribution < 1.29 is 22.7 Å². The molecular weight excluding hydrogens is 573 g/mol. The van der Waals surface area contributed by atoms with Crippen LogP contribution >= 0.6 is 23.2 Å². The minimum Gasteiger partial charge on any atom is -0.497 e. The van der Waals surface area contributed by atoms with Crippen molar-refractivity contribution >= 4 is 50.7 Å². The lowest BCUT2D eigenvalue weighted by molar-refractivity contribution is -0.140. The Morgan fingerprint density at radius 1 is 0.975 bits per heavy atom. The van der Waals surface area contributed by atoms with Crippen molar-refractivity contribution in [2.75, 3.05) is 18.0 Å². The van der Waals surface area contributed by atoms with Gasteiger partial charge in [0, 0.05) is 17.1 Å². The summed E-state index contributed by atoms with van der Waals surface area (Å²) in [6.45, 7) is 6.53. The van der Waals surface area contributed by atoms with Gasteiger partial charge < -0.3 is 15.0 Å². The minimum atomic E-state index is -4.25. The molecule has 3 aromatic rings. The number of amides is 2. The Morgan fingerprint density at radius 3 is 2.17 bits per heavy atom. The smallest absolute Gasteiger partial charge is 0.264 e. The molecule has 0 spiro atoms. The normalized spacial score (nSPS) is 12.4. The topological polar surface area (TPSA) is 96.0 Å². The number of nitrogens with zero attached hydrogens (tertiary/aromatic N) is 2. The van der Waals surface area contributed by atoms with E-state index in [1.54, 1.807) is 56.5 Å². The third-order valence-corrected chi connectivity index (χ3v) is 8.29. The number of nitrogens with one attached hydrogen (secondary N) is 1. The molecule has 3 aromatic carbocycles. The third kappa shape index (κ3) is 7.90. The highest BCUT2D eigenvalue weighted by Crippen LogP contribution is 2.33. The second-order valence-corrected chi connectivity index (χ2v) is 12.9. The molecule has 40 heavy (non-hydrogen) atoms. The monoisotopic (exact) mass is 605 g/mol. The maximum absolute atomic E-state index is 14.0. The van der Waals surface area contributed by atoms with Gasteiger partial charge in [-0.05, 0) is 75.7 Å². The van der Waals surface area contributed by atoms with Crippen LogP contribution in [0.4, 0.5) is 5.69 Å². The van der Waals surface area contributed by atoms with Crippen LogP contribution in [0.3, 0.4) is 0 Å². The molecular formula is C29H33Cl2N3O5S. The predicted molar refractivity (Wildman–Crippen MR) is 158 cm³/mol. The molecule has 1 atom stereocenters. The molecule has 0 bridgehead atoms. The highest BCUT2D eigenvalue weighted by atomic mass is 35.5. The fraction of sp³-hybridized carbons (Fsp3) is 0.310. The first-order valence-corrected chi connectivity index (χ1v) is 14.7. The Morgan fingerprint density at radius 2 is 1.60 bits per heavy atom. The second-order valence-electron chi connectivity index (χ2n) is 10.2.